The van der Waals surface area contributed by atoms with E-state index in [0.29, 0.717) is 10.6 Å². The molecule has 2 aliphatic rings. The molecule has 5 heteroatoms. The minimum absolute atomic E-state index is 0.236. The maximum absolute atomic E-state index is 13.0. The highest BCUT2D eigenvalue weighted by Gasteiger charge is 2.34. The second-order valence-corrected chi connectivity index (χ2v) is 10.1. The van der Waals surface area contributed by atoms with Crippen molar-refractivity contribution in [2.24, 2.45) is 0 Å². The Labute approximate surface area is 153 Å². The third-order valence-electron chi connectivity index (χ3n) is 5.97. The van der Waals surface area contributed by atoms with E-state index in [-0.39, 0.29) is 6.04 Å². The molecule has 0 radical (unpaired) electrons. The van der Waals surface area contributed by atoms with Gasteiger partial charge in [0, 0.05) is 0 Å². The lowest BCUT2D eigenvalue weighted by Gasteiger charge is -2.34. The average Bonchev–Trinajstić information content (AvgIpc) is 2.63. The summed E-state index contributed by atoms with van der Waals surface area (Å²) in [6.07, 6.45) is 7.71. The number of likely N-dealkylation sites (tertiary alicyclic amines) is 2. The Hall–Kier alpha value is -0.910. The number of rotatable bonds is 6. The minimum atomic E-state index is -3.21. The first-order valence-corrected chi connectivity index (χ1v) is 11.7. The highest BCUT2D eigenvalue weighted by Crippen LogP contribution is 2.13. The van der Waals surface area contributed by atoms with Crippen LogP contribution in [0.25, 0.3) is 0 Å². The molecule has 0 bridgehead atoms. The minimum Gasteiger partial charge on any atom is -0.330 e. The lowest BCUT2D eigenvalue weighted by Crippen LogP contribution is -3.24. The van der Waals surface area contributed by atoms with Gasteiger partial charge in [-0.3, -0.25) is 0 Å². The number of sulfone groups is 1. The fourth-order valence-corrected chi connectivity index (χ4v) is 6.07. The van der Waals surface area contributed by atoms with Gasteiger partial charge in [0.1, 0.15) is 12.3 Å². The molecule has 2 N–H and O–H groups in total. The zero-order chi connectivity index (χ0) is 17.7. The predicted molar refractivity (Wildman–Crippen MR) is 101 cm³/mol. The normalized spacial score (nSPS) is 22.0. The Morgan fingerprint density at radius 2 is 1.44 bits per heavy atom. The number of hydrogen-bond acceptors (Lipinski definition) is 2. The monoisotopic (exact) mass is 366 g/mol. The summed E-state index contributed by atoms with van der Waals surface area (Å²) in [5, 5.41) is 0. The molecule has 0 unspecified atom stereocenters. The van der Waals surface area contributed by atoms with Crippen LogP contribution in [-0.4, -0.2) is 52.9 Å². The molecular weight excluding hydrogens is 332 g/mol. The van der Waals surface area contributed by atoms with Gasteiger partial charge in [-0.2, -0.15) is 0 Å². The fourth-order valence-electron chi connectivity index (χ4n) is 4.45. The van der Waals surface area contributed by atoms with E-state index in [1.54, 1.807) is 17.0 Å². The molecule has 3 rings (SSSR count). The third-order valence-corrected chi connectivity index (χ3v) is 7.80. The Balaban J connectivity index is 1.74. The number of hydrogen-bond donors (Lipinski definition) is 2. The van der Waals surface area contributed by atoms with Crippen LogP contribution in [0.2, 0.25) is 0 Å². The number of aryl methyl sites for hydroxylation is 1. The molecule has 0 aliphatic carbocycles. The Morgan fingerprint density at radius 3 is 2.04 bits per heavy atom. The van der Waals surface area contributed by atoms with E-state index in [0.717, 1.165) is 25.2 Å². The van der Waals surface area contributed by atoms with Crippen molar-refractivity contribution in [3.05, 3.63) is 29.8 Å². The quantitative estimate of drug-likeness (QED) is 0.759. The average molecular weight is 367 g/mol. The van der Waals surface area contributed by atoms with Crippen LogP contribution < -0.4 is 9.80 Å². The van der Waals surface area contributed by atoms with Gasteiger partial charge < -0.3 is 9.80 Å². The molecule has 2 saturated heterocycles. The smallest absolute Gasteiger partial charge is 0.184 e. The predicted octanol–water partition coefficient (Wildman–Crippen LogP) is 0.275. The summed E-state index contributed by atoms with van der Waals surface area (Å²) >= 11 is 0. The third kappa shape index (κ3) is 5.28. The lowest BCUT2D eigenvalue weighted by molar-refractivity contribution is -0.979. The maximum atomic E-state index is 13.0. The van der Waals surface area contributed by atoms with Gasteiger partial charge in [0.15, 0.2) is 15.9 Å². The van der Waals surface area contributed by atoms with E-state index in [9.17, 15) is 8.42 Å². The van der Waals surface area contributed by atoms with Gasteiger partial charge >= 0.3 is 0 Å². The van der Waals surface area contributed by atoms with Crippen LogP contribution in [0.5, 0.6) is 0 Å². The van der Waals surface area contributed by atoms with E-state index in [1.807, 2.05) is 19.1 Å². The molecule has 140 valence electrons. The fraction of sp³-hybridized carbons (Fsp3) is 0.700. The van der Waals surface area contributed by atoms with Crippen molar-refractivity contribution in [2.45, 2.75) is 56.4 Å². The number of benzene rings is 1. The van der Waals surface area contributed by atoms with E-state index in [4.69, 9.17) is 0 Å². The highest BCUT2D eigenvalue weighted by molar-refractivity contribution is 7.91. The lowest BCUT2D eigenvalue weighted by atomic mass is 10.1. The number of piperidine rings is 2. The van der Waals surface area contributed by atoms with Gasteiger partial charge in [-0.05, 0) is 57.6 Å². The van der Waals surface area contributed by atoms with Gasteiger partial charge in [0.25, 0.3) is 0 Å². The van der Waals surface area contributed by atoms with E-state index in [2.05, 4.69) is 0 Å². The summed E-state index contributed by atoms with van der Waals surface area (Å²) in [6.45, 7) is 7.72. The first kappa shape index (κ1) is 18.9. The molecule has 2 fully saturated rings. The maximum Gasteiger partial charge on any atom is 0.184 e. The SMILES string of the molecule is Cc1ccc(S(=O)(=O)C[C@@H](C[NH+]2CCCCC2)[NH+]2CCCCC2)cc1. The van der Waals surface area contributed by atoms with Gasteiger partial charge in [0.05, 0.1) is 31.1 Å². The summed E-state index contributed by atoms with van der Waals surface area (Å²) in [6, 6.07) is 7.61. The van der Waals surface area contributed by atoms with Crippen molar-refractivity contribution in [2.75, 3.05) is 38.5 Å². The Morgan fingerprint density at radius 1 is 0.880 bits per heavy atom. The molecule has 25 heavy (non-hydrogen) atoms. The van der Waals surface area contributed by atoms with E-state index < -0.39 is 9.84 Å². The molecule has 2 heterocycles. The zero-order valence-corrected chi connectivity index (χ0v) is 16.4. The number of quaternary nitrogens is 2. The molecule has 0 spiro atoms. The molecule has 1 atom stereocenters. The van der Waals surface area contributed by atoms with Crippen LogP contribution in [0.4, 0.5) is 0 Å². The highest BCUT2D eigenvalue weighted by atomic mass is 32.2. The summed E-state index contributed by atoms with van der Waals surface area (Å²) in [7, 11) is -3.21. The topological polar surface area (TPSA) is 43.0 Å². The molecule has 4 nitrogen and oxygen atoms in total. The zero-order valence-electron chi connectivity index (χ0n) is 15.6. The molecule has 0 aromatic heterocycles. The van der Waals surface area contributed by atoms with Gasteiger partial charge in [-0.15, -0.1) is 0 Å². The second kappa shape index (κ2) is 8.65. The van der Waals surface area contributed by atoms with Crippen LogP contribution in [-0.2, 0) is 9.84 Å². The first-order chi connectivity index (χ1) is 12.0. The van der Waals surface area contributed by atoms with Gasteiger partial charge in [-0.1, -0.05) is 17.7 Å². The van der Waals surface area contributed by atoms with Crippen LogP contribution in [0.1, 0.15) is 44.1 Å². The molecule has 0 amide bonds. The van der Waals surface area contributed by atoms with Crippen molar-refractivity contribution >= 4 is 9.84 Å². The molecule has 1 aromatic rings. The molecule has 0 saturated carbocycles. The van der Waals surface area contributed by atoms with Crippen molar-refractivity contribution in [3.63, 3.8) is 0 Å². The van der Waals surface area contributed by atoms with Crippen LogP contribution in [0.15, 0.2) is 29.2 Å². The molecule has 2 aliphatic heterocycles. The van der Waals surface area contributed by atoms with Crippen molar-refractivity contribution < 1.29 is 18.2 Å². The largest absolute Gasteiger partial charge is 0.330 e. The standard InChI is InChI=1S/C20H32N2O2S/c1-18-8-10-20(11-9-18)25(23,24)17-19(22-14-6-3-7-15-22)16-21-12-4-2-5-13-21/h8-11,19H,2-7,12-17H2,1H3/p+2/t19-/m1/s1. The Bertz CT molecular complexity index is 630. The van der Waals surface area contributed by atoms with Crippen LogP contribution >= 0.6 is 0 Å². The van der Waals surface area contributed by atoms with Crippen molar-refractivity contribution in [1.29, 1.82) is 0 Å². The first-order valence-electron chi connectivity index (χ1n) is 10.0. The van der Waals surface area contributed by atoms with E-state index >= 15 is 0 Å². The number of nitrogens with one attached hydrogen (secondary N) is 2. The van der Waals surface area contributed by atoms with Gasteiger partial charge in [0.2, 0.25) is 0 Å². The van der Waals surface area contributed by atoms with Crippen LogP contribution in [0, 0.1) is 6.92 Å². The summed E-state index contributed by atoms with van der Waals surface area (Å²) in [4.78, 5) is 3.64. The van der Waals surface area contributed by atoms with Crippen molar-refractivity contribution in [3.8, 4) is 0 Å². The second-order valence-electron chi connectivity index (χ2n) is 8.03. The van der Waals surface area contributed by atoms with Gasteiger partial charge in [-0.25, -0.2) is 8.42 Å². The molecule has 1 aromatic carbocycles. The molecular formula is C20H34N2O2S+2. The summed E-state index contributed by atoms with van der Waals surface area (Å²) < 4.78 is 26.0. The Kier molecular flexibility index (Phi) is 6.53. The van der Waals surface area contributed by atoms with E-state index in [1.165, 1.54) is 56.5 Å². The van der Waals surface area contributed by atoms with Crippen LogP contribution in [0.3, 0.4) is 0 Å². The van der Waals surface area contributed by atoms with Crippen molar-refractivity contribution in [1.82, 2.24) is 0 Å². The summed E-state index contributed by atoms with van der Waals surface area (Å²) in [5.41, 5.74) is 1.11. The summed E-state index contributed by atoms with van der Waals surface area (Å²) in [5.74, 6) is 0.300.